The van der Waals surface area contributed by atoms with Gasteiger partial charge < -0.3 is 5.32 Å². The van der Waals surface area contributed by atoms with Gasteiger partial charge in [-0.05, 0) is 48.2 Å². The standard InChI is InChI=1S/C23H23N/c1-18-15-19(2)17-22(16-18)24-23(21-11-7-4-8-12-21)14-13-20-9-5-3-6-10-20/h3-17,23-24H,1-2H3/b14-13+. The number of nitrogens with one attached hydrogen (secondary N) is 1. The molecule has 0 bridgehead atoms. The number of rotatable bonds is 5. The van der Waals surface area contributed by atoms with Crippen molar-refractivity contribution in [2.45, 2.75) is 19.9 Å². The van der Waals surface area contributed by atoms with E-state index in [-0.39, 0.29) is 6.04 Å². The van der Waals surface area contributed by atoms with Gasteiger partial charge >= 0.3 is 0 Å². The van der Waals surface area contributed by atoms with Crippen LogP contribution in [0.1, 0.15) is 28.3 Å². The molecule has 0 saturated heterocycles. The highest BCUT2D eigenvalue weighted by molar-refractivity contribution is 5.55. The molecular formula is C23H23N. The van der Waals surface area contributed by atoms with Crippen LogP contribution in [-0.2, 0) is 0 Å². The summed E-state index contributed by atoms with van der Waals surface area (Å²) < 4.78 is 0. The summed E-state index contributed by atoms with van der Waals surface area (Å²) in [6.45, 7) is 4.27. The van der Waals surface area contributed by atoms with E-state index in [0.717, 1.165) is 5.69 Å². The van der Waals surface area contributed by atoms with Crippen molar-refractivity contribution in [1.29, 1.82) is 0 Å². The van der Waals surface area contributed by atoms with Crippen LogP contribution in [0.4, 0.5) is 5.69 Å². The molecule has 0 spiro atoms. The highest BCUT2D eigenvalue weighted by atomic mass is 14.9. The Morgan fingerprint density at radius 2 is 1.33 bits per heavy atom. The minimum atomic E-state index is 0.132. The average molecular weight is 313 g/mol. The molecule has 0 aromatic heterocycles. The second-order valence-electron chi connectivity index (χ2n) is 6.18. The fourth-order valence-corrected chi connectivity index (χ4v) is 2.91. The maximum atomic E-state index is 3.66. The van der Waals surface area contributed by atoms with Crippen LogP contribution >= 0.6 is 0 Å². The smallest absolute Gasteiger partial charge is 0.0701 e. The predicted octanol–water partition coefficient (Wildman–Crippen LogP) is 6.17. The van der Waals surface area contributed by atoms with Crippen LogP contribution < -0.4 is 5.32 Å². The van der Waals surface area contributed by atoms with E-state index in [0.29, 0.717) is 0 Å². The predicted molar refractivity (Wildman–Crippen MR) is 104 cm³/mol. The summed E-state index contributed by atoms with van der Waals surface area (Å²) in [6, 6.07) is 27.7. The topological polar surface area (TPSA) is 12.0 Å². The van der Waals surface area contributed by atoms with Crippen LogP contribution in [0.2, 0.25) is 0 Å². The molecule has 0 aliphatic rings. The van der Waals surface area contributed by atoms with E-state index in [1.54, 1.807) is 0 Å². The first-order valence-corrected chi connectivity index (χ1v) is 8.34. The zero-order valence-corrected chi connectivity index (χ0v) is 14.2. The molecule has 1 nitrogen and oxygen atoms in total. The third-order valence-electron chi connectivity index (χ3n) is 3.98. The number of aryl methyl sites for hydroxylation is 2. The first-order valence-electron chi connectivity index (χ1n) is 8.34. The fraction of sp³-hybridized carbons (Fsp3) is 0.130. The van der Waals surface area contributed by atoms with Gasteiger partial charge in [0.25, 0.3) is 0 Å². The van der Waals surface area contributed by atoms with Gasteiger partial charge in [0.15, 0.2) is 0 Å². The second kappa shape index (κ2) is 7.65. The molecule has 3 rings (SSSR count). The van der Waals surface area contributed by atoms with Crippen molar-refractivity contribution in [3.63, 3.8) is 0 Å². The molecule has 0 radical (unpaired) electrons. The Bertz CT molecular complexity index is 784. The van der Waals surface area contributed by atoms with E-state index >= 15 is 0 Å². The molecule has 1 N–H and O–H groups in total. The first-order chi connectivity index (χ1) is 11.7. The highest BCUT2D eigenvalue weighted by Gasteiger charge is 2.08. The Labute approximate surface area is 144 Å². The van der Waals surface area contributed by atoms with Crippen LogP contribution in [0.5, 0.6) is 0 Å². The van der Waals surface area contributed by atoms with Gasteiger partial charge in [-0.1, -0.05) is 78.9 Å². The largest absolute Gasteiger partial charge is 0.375 e. The molecule has 0 saturated carbocycles. The molecule has 1 heteroatoms. The lowest BCUT2D eigenvalue weighted by Crippen LogP contribution is -2.08. The SMILES string of the molecule is Cc1cc(C)cc(NC(/C=C/c2ccccc2)c2ccccc2)c1. The van der Waals surface area contributed by atoms with Crippen molar-refractivity contribution in [3.05, 3.63) is 107 Å². The Hall–Kier alpha value is -2.80. The summed E-state index contributed by atoms with van der Waals surface area (Å²) in [5.41, 5.74) is 6.16. The lowest BCUT2D eigenvalue weighted by molar-refractivity contribution is 0.988. The zero-order valence-electron chi connectivity index (χ0n) is 14.2. The van der Waals surface area contributed by atoms with Gasteiger partial charge in [0.2, 0.25) is 0 Å². The molecule has 3 aromatic carbocycles. The Morgan fingerprint density at radius 1 is 0.750 bits per heavy atom. The lowest BCUT2D eigenvalue weighted by atomic mass is 10.0. The van der Waals surface area contributed by atoms with Crippen molar-refractivity contribution >= 4 is 11.8 Å². The van der Waals surface area contributed by atoms with Crippen LogP contribution in [0.15, 0.2) is 84.9 Å². The van der Waals surface area contributed by atoms with E-state index in [1.165, 1.54) is 22.3 Å². The van der Waals surface area contributed by atoms with Crippen molar-refractivity contribution in [2.24, 2.45) is 0 Å². The monoisotopic (exact) mass is 313 g/mol. The zero-order chi connectivity index (χ0) is 16.8. The lowest BCUT2D eigenvalue weighted by Gasteiger charge is -2.18. The maximum Gasteiger partial charge on any atom is 0.0701 e. The van der Waals surface area contributed by atoms with Crippen molar-refractivity contribution in [2.75, 3.05) is 5.32 Å². The fourth-order valence-electron chi connectivity index (χ4n) is 2.91. The molecule has 0 amide bonds. The van der Waals surface area contributed by atoms with Crippen LogP contribution in [-0.4, -0.2) is 0 Å². The van der Waals surface area contributed by atoms with Gasteiger partial charge in [-0.3, -0.25) is 0 Å². The molecule has 1 atom stereocenters. The van der Waals surface area contributed by atoms with E-state index in [9.17, 15) is 0 Å². The Balaban J connectivity index is 1.89. The molecule has 3 aromatic rings. The summed E-state index contributed by atoms with van der Waals surface area (Å²) in [5.74, 6) is 0. The molecule has 0 aliphatic heterocycles. The number of anilines is 1. The molecule has 0 aliphatic carbocycles. The third kappa shape index (κ3) is 4.36. The minimum absolute atomic E-state index is 0.132. The molecule has 24 heavy (non-hydrogen) atoms. The van der Waals surface area contributed by atoms with E-state index in [1.807, 2.05) is 6.07 Å². The van der Waals surface area contributed by atoms with Gasteiger partial charge in [-0.15, -0.1) is 0 Å². The summed E-state index contributed by atoms with van der Waals surface area (Å²) >= 11 is 0. The van der Waals surface area contributed by atoms with E-state index in [4.69, 9.17) is 0 Å². The molecule has 0 heterocycles. The quantitative estimate of drug-likeness (QED) is 0.594. The third-order valence-corrected chi connectivity index (χ3v) is 3.98. The van der Waals surface area contributed by atoms with Crippen LogP contribution in [0.25, 0.3) is 6.08 Å². The maximum absolute atomic E-state index is 3.66. The molecular weight excluding hydrogens is 290 g/mol. The highest BCUT2D eigenvalue weighted by Crippen LogP contribution is 2.23. The Morgan fingerprint density at radius 3 is 1.96 bits per heavy atom. The summed E-state index contributed by atoms with van der Waals surface area (Å²) in [7, 11) is 0. The van der Waals surface area contributed by atoms with Crippen molar-refractivity contribution in [1.82, 2.24) is 0 Å². The van der Waals surface area contributed by atoms with E-state index < -0.39 is 0 Å². The van der Waals surface area contributed by atoms with Gasteiger partial charge in [0, 0.05) is 5.69 Å². The molecule has 1 unspecified atom stereocenters. The summed E-state index contributed by atoms with van der Waals surface area (Å²) in [6.07, 6.45) is 4.40. The normalized spacial score (nSPS) is 12.2. The van der Waals surface area contributed by atoms with Crippen molar-refractivity contribution in [3.8, 4) is 0 Å². The van der Waals surface area contributed by atoms with Gasteiger partial charge in [0.05, 0.1) is 6.04 Å². The van der Waals surface area contributed by atoms with Gasteiger partial charge in [-0.2, -0.15) is 0 Å². The minimum Gasteiger partial charge on any atom is -0.375 e. The van der Waals surface area contributed by atoms with Gasteiger partial charge in [-0.25, -0.2) is 0 Å². The van der Waals surface area contributed by atoms with Gasteiger partial charge in [0.1, 0.15) is 0 Å². The van der Waals surface area contributed by atoms with Crippen LogP contribution in [0, 0.1) is 13.8 Å². The first kappa shape index (κ1) is 16.1. The number of benzene rings is 3. The molecule has 120 valence electrons. The van der Waals surface area contributed by atoms with E-state index in [2.05, 4.69) is 104 Å². The number of hydrogen-bond donors (Lipinski definition) is 1. The summed E-state index contributed by atoms with van der Waals surface area (Å²) in [4.78, 5) is 0. The molecule has 0 fully saturated rings. The van der Waals surface area contributed by atoms with Crippen LogP contribution in [0.3, 0.4) is 0 Å². The number of hydrogen-bond acceptors (Lipinski definition) is 1. The second-order valence-corrected chi connectivity index (χ2v) is 6.18. The average Bonchev–Trinajstić information content (AvgIpc) is 2.59. The summed E-state index contributed by atoms with van der Waals surface area (Å²) in [5, 5.41) is 3.66. The van der Waals surface area contributed by atoms with Crippen molar-refractivity contribution < 1.29 is 0 Å². The Kier molecular flexibility index (Phi) is 5.12.